The Balaban J connectivity index is 2.04. The Morgan fingerprint density at radius 2 is 1.76 bits per heavy atom. The highest BCUT2D eigenvalue weighted by molar-refractivity contribution is 6.32. The van der Waals surface area contributed by atoms with Crippen LogP contribution in [0.2, 0.25) is 5.02 Å². The van der Waals surface area contributed by atoms with Crippen LogP contribution in [0.5, 0.6) is 11.5 Å². The molecule has 1 heterocycles. The molecule has 0 unspecified atom stereocenters. The number of alkyl halides is 3. The molecule has 0 radical (unpaired) electrons. The Morgan fingerprint density at radius 1 is 1.10 bits per heavy atom. The fourth-order valence-electron chi connectivity index (χ4n) is 2.70. The molecule has 6 nitrogen and oxygen atoms in total. The number of amides is 1. The van der Waals surface area contributed by atoms with E-state index in [2.05, 4.69) is 10.4 Å². The number of nitrogens with zero attached hydrogens (tertiary/aromatic N) is 2. The lowest BCUT2D eigenvalue weighted by Gasteiger charge is -2.15. The minimum absolute atomic E-state index is 0.0966. The number of ether oxygens (including phenoxy) is 2. The van der Waals surface area contributed by atoms with Gasteiger partial charge in [-0.25, -0.2) is 4.68 Å². The number of benzene rings is 2. The zero-order valence-electron chi connectivity index (χ0n) is 15.2. The molecule has 152 valence electrons. The van der Waals surface area contributed by atoms with Gasteiger partial charge in [-0.05, 0) is 12.1 Å². The maximum absolute atomic E-state index is 13.7. The van der Waals surface area contributed by atoms with E-state index in [-0.39, 0.29) is 27.9 Å². The second-order valence-electron chi connectivity index (χ2n) is 5.79. The van der Waals surface area contributed by atoms with Crippen LogP contribution in [0.25, 0.3) is 5.69 Å². The SMILES string of the molecule is COc1cc(NC(=O)c2cnn(-c3ccccc3)c2C(F)(F)F)c(OC)cc1Cl. The average molecular weight is 426 g/mol. The highest BCUT2D eigenvalue weighted by Crippen LogP contribution is 2.37. The average Bonchev–Trinajstić information content (AvgIpc) is 3.15. The Kier molecular flexibility index (Phi) is 5.69. The Morgan fingerprint density at radius 3 is 2.34 bits per heavy atom. The van der Waals surface area contributed by atoms with Gasteiger partial charge in [-0.2, -0.15) is 18.3 Å². The third-order valence-electron chi connectivity index (χ3n) is 4.01. The van der Waals surface area contributed by atoms with E-state index in [1.165, 1.54) is 38.5 Å². The molecule has 0 fully saturated rings. The van der Waals surface area contributed by atoms with E-state index in [0.717, 1.165) is 6.20 Å². The molecule has 2 aromatic carbocycles. The number of para-hydroxylation sites is 1. The monoisotopic (exact) mass is 425 g/mol. The number of halogens is 4. The molecule has 1 aromatic heterocycles. The number of hydrogen-bond donors (Lipinski definition) is 1. The van der Waals surface area contributed by atoms with Crippen molar-refractivity contribution in [1.29, 1.82) is 0 Å². The van der Waals surface area contributed by atoms with Crippen molar-refractivity contribution in [3.8, 4) is 17.2 Å². The minimum atomic E-state index is -4.82. The van der Waals surface area contributed by atoms with Gasteiger partial charge in [-0.1, -0.05) is 29.8 Å². The summed E-state index contributed by atoms with van der Waals surface area (Å²) in [5.41, 5.74) is -1.57. The van der Waals surface area contributed by atoms with Crippen LogP contribution in [-0.4, -0.2) is 29.9 Å². The van der Waals surface area contributed by atoms with E-state index in [4.69, 9.17) is 21.1 Å². The lowest BCUT2D eigenvalue weighted by Crippen LogP contribution is -2.21. The molecule has 0 aliphatic carbocycles. The Labute approximate surface area is 168 Å². The zero-order chi connectivity index (χ0) is 21.2. The number of anilines is 1. The lowest BCUT2D eigenvalue weighted by atomic mass is 10.2. The van der Waals surface area contributed by atoms with Gasteiger partial charge >= 0.3 is 6.18 Å². The van der Waals surface area contributed by atoms with Gasteiger partial charge in [0.05, 0.1) is 42.4 Å². The summed E-state index contributed by atoms with van der Waals surface area (Å²) < 4.78 is 52.1. The third kappa shape index (κ3) is 4.14. The molecule has 29 heavy (non-hydrogen) atoms. The first-order chi connectivity index (χ1) is 13.8. The molecule has 0 saturated carbocycles. The van der Waals surface area contributed by atoms with Gasteiger partial charge in [0, 0.05) is 12.1 Å². The van der Waals surface area contributed by atoms with Gasteiger partial charge in [0.1, 0.15) is 11.5 Å². The van der Waals surface area contributed by atoms with Crippen molar-refractivity contribution in [3.63, 3.8) is 0 Å². The second-order valence-corrected chi connectivity index (χ2v) is 6.20. The largest absolute Gasteiger partial charge is 0.495 e. The summed E-state index contributed by atoms with van der Waals surface area (Å²) in [6.45, 7) is 0. The predicted octanol–water partition coefficient (Wildman–Crippen LogP) is 4.81. The first-order valence-corrected chi connectivity index (χ1v) is 8.57. The summed E-state index contributed by atoms with van der Waals surface area (Å²) >= 11 is 6.01. The molecule has 1 amide bonds. The van der Waals surface area contributed by atoms with Crippen molar-refractivity contribution in [2.75, 3.05) is 19.5 Å². The number of rotatable bonds is 5. The molecule has 0 saturated heterocycles. The third-order valence-corrected chi connectivity index (χ3v) is 4.30. The highest BCUT2D eigenvalue weighted by atomic mass is 35.5. The fraction of sp³-hybridized carbons (Fsp3) is 0.158. The maximum atomic E-state index is 13.7. The highest BCUT2D eigenvalue weighted by Gasteiger charge is 2.40. The van der Waals surface area contributed by atoms with E-state index < -0.39 is 23.3 Å². The van der Waals surface area contributed by atoms with Gasteiger partial charge in [0.15, 0.2) is 5.69 Å². The van der Waals surface area contributed by atoms with Crippen LogP contribution in [0.1, 0.15) is 16.1 Å². The van der Waals surface area contributed by atoms with Gasteiger partial charge in [-0.15, -0.1) is 0 Å². The molecule has 0 spiro atoms. The summed E-state index contributed by atoms with van der Waals surface area (Å²) in [6.07, 6.45) is -3.95. The van der Waals surface area contributed by atoms with Crippen molar-refractivity contribution in [3.05, 3.63) is 64.9 Å². The van der Waals surface area contributed by atoms with Crippen LogP contribution in [-0.2, 0) is 6.18 Å². The van der Waals surface area contributed by atoms with Crippen LogP contribution in [0.4, 0.5) is 18.9 Å². The molecule has 10 heteroatoms. The standard InChI is InChI=1S/C19H15ClF3N3O3/c1-28-15-9-14(16(29-2)8-13(15)20)25-18(27)12-10-24-26(17(12)19(21,22)23)11-6-4-3-5-7-11/h3-10H,1-2H3,(H,25,27). The second kappa shape index (κ2) is 8.04. The number of aromatic nitrogens is 2. The smallest absolute Gasteiger partial charge is 0.434 e. The molecule has 1 N–H and O–H groups in total. The first kappa shape index (κ1) is 20.5. The maximum Gasteiger partial charge on any atom is 0.434 e. The van der Waals surface area contributed by atoms with Gasteiger partial charge in [0.2, 0.25) is 0 Å². The van der Waals surface area contributed by atoms with Crippen molar-refractivity contribution in [1.82, 2.24) is 9.78 Å². The molecule has 0 aliphatic rings. The summed E-state index contributed by atoms with van der Waals surface area (Å²) in [5.74, 6) is -0.630. The number of carbonyl (C=O) groups is 1. The topological polar surface area (TPSA) is 65.4 Å². The summed E-state index contributed by atoms with van der Waals surface area (Å²) in [5, 5.41) is 6.38. The minimum Gasteiger partial charge on any atom is -0.495 e. The predicted molar refractivity (Wildman–Crippen MR) is 101 cm³/mol. The van der Waals surface area contributed by atoms with E-state index in [9.17, 15) is 18.0 Å². The molecule has 0 bridgehead atoms. The number of carbonyl (C=O) groups excluding carboxylic acids is 1. The summed E-state index contributed by atoms with van der Waals surface area (Å²) in [4.78, 5) is 12.7. The fourth-order valence-corrected chi connectivity index (χ4v) is 2.93. The molecular weight excluding hydrogens is 411 g/mol. The van der Waals surface area contributed by atoms with Gasteiger partial charge in [0.25, 0.3) is 5.91 Å². The van der Waals surface area contributed by atoms with E-state index in [1.54, 1.807) is 18.2 Å². The van der Waals surface area contributed by atoms with Crippen molar-refractivity contribution in [2.45, 2.75) is 6.18 Å². The van der Waals surface area contributed by atoms with E-state index in [0.29, 0.717) is 4.68 Å². The van der Waals surface area contributed by atoms with Crippen molar-refractivity contribution in [2.24, 2.45) is 0 Å². The van der Waals surface area contributed by atoms with E-state index in [1.807, 2.05) is 0 Å². The number of methoxy groups -OCH3 is 2. The molecule has 3 rings (SSSR count). The lowest BCUT2D eigenvalue weighted by molar-refractivity contribution is -0.143. The molecule has 3 aromatic rings. The normalized spacial score (nSPS) is 11.2. The van der Waals surface area contributed by atoms with Crippen LogP contribution in [0.3, 0.4) is 0 Å². The van der Waals surface area contributed by atoms with Crippen molar-refractivity contribution < 1.29 is 27.4 Å². The molecular formula is C19H15ClF3N3O3. The summed E-state index contributed by atoms with van der Waals surface area (Å²) in [6, 6.07) is 10.5. The number of nitrogens with one attached hydrogen (secondary N) is 1. The molecule has 0 aliphatic heterocycles. The van der Waals surface area contributed by atoms with Crippen LogP contribution in [0, 0.1) is 0 Å². The van der Waals surface area contributed by atoms with Crippen LogP contribution >= 0.6 is 11.6 Å². The zero-order valence-corrected chi connectivity index (χ0v) is 16.0. The Hall–Kier alpha value is -3.20. The van der Waals surface area contributed by atoms with Gasteiger partial charge in [-0.3, -0.25) is 4.79 Å². The molecule has 0 atom stereocenters. The number of hydrogen-bond acceptors (Lipinski definition) is 4. The quantitative estimate of drug-likeness (QED) is 0.637. The van der Waals surface area contributed by atoms with Crippen molar-refractivity contribution >= 4 is 23.2 Å². The Bertz CT molecular complexity index is 1040. The summed E-state index contributed by atoms with van der Waals surface area (Å²) in [7, 11) is 2.70. The first-order valence-electron chi connectivity index (χ1n) is 8.19. The van der Waals surface area contributed by atoms with Crippen LogP contribution in [0.15, 0.2) is 48.7 Å². The van der Waals surface area contributed by atoms with Gasteiger partial charge < -0.3 is 14.8 Å². The van der Waals surface area contributed by atoms with Crippen LogP contribution < -0.4 is 14.8 Å². The van der Waals surface area contributed by atoms with E-state index >= 15 is 0 Å².